The van der Waals surface area contributed by atoms with Crippen molar-refractivity contribution in [3.63, 3.8) is 0 Å². The van der Waals surface area contributed by atoms with Gasteiger partial charge >= 0.3 is 6.18 Å². The minimum absolute atomic E-state index is 0.0388. The molecule has 3 nitrogen and oxygen atoms in total. The first kappa shape index (κ1) is 24.3. The zero-order valence-corrected chi connectivity index (χ0v) is 19.2. The van der Waals surface area contributed by atoms with Gasteiger partial charge < -0.3 is 5.32 Å². The normalized spacial score (nSPS) is 19.7. The summed E-state index contributed by atoms with van der Waals surface area (Å²) < 4.78 is 49.8. The molecule has 0 bridgehead atoms. The molecule has 2 aromatic rings. The van der Waals surface area contributed by atoms with E-state index in [1.807, 2.05) is 0 Å². The SMILES string of the molecule is O=C(CCC(F)(F)F)c1cc(NC(=O)C2C(c3cc(F)cc(Br)c3)C2(Cl)Cl)ccc1Cl. The molecule has 0 radical (unpaired) electrons. The molecule has 1 aliphatic rings. The van der Waals surface area contributed by atoms with Gasteiger partial charge in [0.1, 0.15) is 10.2 Å². The number of Topliss-reactive ketones (excluding diaryl/α,β-unsaturated/α-hetero) is 1. The molecule has 1 amide bonds. The van der Waals surface area contributed by atoms with E-state index in [9.17, 15) is 27.2 Å². The molecule has 166 valence electrons. The maximum Gasteiger partial charge on any atom is 0.389 e. The van der Waals surface area contributed by atoms with Crippen molar-refractivity contribution in [1.82, 2.24) is 0 Å². The fourth-order valence-corrected chi connectivity index (χ4v) is 4.78. The summed E-state index contributed by atoms with van der Waals surface area (Å²) in [4.78, 5) is 24.8. The number of ketones is 1. The van der Waals surface area contributed by atoms with Crippen LogP contribution in [0.25, 0.3) is 0 Å². The van der Waals surface area contributed by atoms with Gasteiger partial charge in [0.2, 0.25) is 5.91 Å². The number of carbonyl (C=O) groups excluding carboxylic acids is 2. The van der Waals surface area contributed by atoms with Gasteiger partial charge in [-0.3, -0.25) is 9.59 Å². The van der Waals surface area contributed by atoms with Crippen LogP contribution in [0.4, 0.5) is 23.2 Å². The van der Waals surface area contributed by atoms with Gasteiger partial charge in [0.15, 0.2) is 5.78 Å². The number of nitrogens with one attached hydrogen (secondary N) is 1. The van der Waals surface area contributed by atoms with E-state index in [2.05, 4.69) is 21.2 Å². The van der Waals surface area contributed by atoms with Gasteiger partial charge in [0, 0.05) is 28.1 Å². The molecule has 3 rings (SSSR count). The third-order valence-corrected chi connectivity index (χ3v) is 6.48. The van der Waals surface area contributed by atoms with E-state index in [1.54, 1.807) is 6.07 Å². The lowest BCUT2D eigenvalue weighted by Crippen LogP contribution is -2.17. The van der Waals surface area contributed by atoms with Gasteiger partial charge in [-0.2, -0.15) is 13.2 Å². The summed E-state index contributed by atoms with van der Waals surface area (Å²) in [5.41, 5.74) is 0.421. The van der Waals surface area contributed by atoms with Crippen LogP contribution in [0, 0.1) is 11.7 Å². The van der Waals surface area contributed by atoms with Crippen LogP contribution >= 0.6 is 50.7 Å². The van der Waals surface area contributed by atoms with Crippen LogP contribution in [0.2, 0.25) is 5.02 Å². The monoisotopic (exact) mass is 559 g/mol. The lowest BCUT2D eigenvalue weighted by molar-refractivity contribution is -0.133. The Kier molecular flexibility index (Phi) is 6.96. The van der Waals surface area contributed by atoms with E-state index in [4.69, 9.17) is 34.8 Å². The van der Waals surface area contributed by atoms with E-state index >= 15 is 0 Å². The number of hydrogen-bond donors (Lipinski definition) is 1. The van der Waals surface area contributed by atoms with Gasteiger partial charge in [0.05, 0.1) is 17.4 Å². The minimum atomic E-state index is -4.48. The molecule has 2 atom stereocenters. The molecule has 1 aliphatic carbocycles. The minimum Gasteiger partial charge on any atom is -0.326 e. The van der Waals surface area contributed by atoms with Crippen molar-refractivity contribution in [3.8, 4) is 0 Å². The van der Waals surface area contributed by atoms with E-state index < -0.39 is 52.7 Å². The topological polar surface area (TPSA) is 46.2 Å². The molecule has 2 aromatic carbocycles. The van der Waals surface area contributed by atoms with Crippen molar-refractivity contribution in [2.45, 2.75) is 29.3 Å². The molecule has 2 unspecified atom stereocenters. The van der Waals surface area contributed by atoms with Crippen molar-refractivity contribution in [1.29, 1.82) is 0 Å². The van der Waals surface area contributed by atoms with E-state index in [0.29, 0.717) is 10.0 Å². The van der Waals surface area contributed by atoms with Crippen molar-refractivity contribution < 1.29 is 27.2 Å². The molecule has 0 heterocycles. The molecule has 0 saturated heterocycles. The molecule has 0 aromatic heterocycles. The molecule has 31 heavy (non-hydrogen) atoms. The fourth-order valence-electron chi connectivity index (χ4n) is 3.25. The van der Waals surface area contributed by atoms with Crippen molar-refractivity contribution in [2.75, 3.05) is 5.32 Å². The highest BCUT2D eigenvalue weighted by molar-refractivity contribution is 9.10. The van der Waals surface area contributed by atoms with Crippen LogP contribution < -0.4 is 5.32 Å². The van der Waals surface area contributed by atoms with Crippen molar-refractivity contribution in [2.24, 2.45) is 5.92 Å². The lowest BCUT2D eigenvalue weighted by atomic mass is 10.1. The number of halogens is 8. The van der Waals surface area contributed by atoms with Crippen LogP contribution in [0.5, 0.6) is 0 Å². The molecular weight excluding hydrogens is 548 g/mol. The predicted octanol–water partition coefficient (Wildman–Crippen LogP) is 7.29. The number of alkyl halides is 5. The standard InChI is InChI=1S/C20H13BrCl3F4NO2/c21-10-5-9(6-11(25)7-10)16-17(20(16,23)24)18(31)29-12-1-2-14(22)13(8-12)15(30)3-4-19(26,27)28/h1-2,5-8,16-17H,3-4H2,(H,29,31). The molecular formula is C20H13BrCl3F4NO2. The second-order valence-corrected chi connectivity index (χ2v) is 9.82. The Labute approximate surface area is 198 Å². The molecule has 0 aliphatic heterocycles. The first-order chi connectivity index (χ1) is 14.3. The quantitative estimate of drug-likeness (QED) is 0.229. The third kappa shape index (κ3) is 5.72. The number of rotatable bonds is 6. The average molecular weight is 562 g/mol. The predicted molar refractivity (Wildman–Crippen MR) is 114 cm³/mol. The first-order valence-electron chi connectivity index (χ1n) is 8.84. The Balaban J connectivity index is 1.75. The Morgan fingerprint density at radius 2 is 1.81 bits per heavy atom. The number of hydrogen-bond acceptors (Lipinski definition) is 2. The van der Waals surface area contributed by atoms with Gasteiger partial charge in [-0.1, -0.05) is 27.5 Å². The van der Waals surface area contributed by atoms with Gasteiger partial charge in [-0.25, -0.2) is 4.39 Å². The Hall–Kier alpha value is -1.35. The van der Waals surface area contributed by atoms with Crippen LogP contribution in [0.3, 0.4) is 0 Å². The van der Waals surface area contributed by atoms with Crippen molar-refractivity contribution in [3.05, 3.63) is 62.8 Å². The van der Waals surface area contributed by atoms with Gasteiger partial charge in [0.25, 0.3) is 0 Å². The van der Waals surface area contributed by atoms with Gasteiger partial charge in [-0.15, -0.1) is 23.2 Å². The van der Waals surface area contributed by atoms with Crippen LogP contribution in [0.1, 0.15) is 34.7 Å². The van der Waals surface area contributed by atoms with E-state index in [-0.39, 0.29) is 16.3 Å². The summed E-state index contributed by atoms with van der Waals surface area (Å²) in [6, 6.07) is 7.94. The molecule has 1 N–H and O–H groups in total. The van der Waals surface area contributed by atoms with Crippen LogP contribution in [-0.2, 0) is 4.79 Å². The summed E-state index contributed by atoms with van der Waals surface area (Å²) >= 11 is 21.6. The highest BCUT2D eigenvalue weighted by atomic mass is 79.9. The molecule has 11 heteroatoms. The molecule has 0 spiro atoms. The van der Waals surface area contributed by atoms with Crippen molar-refractivity contribution >= 4 is 68.1 Å². The zero-order valence-electron chi connectivity index (χ0n) is 15.4. The van der Waals surface area contributed by atoms with E-state index in [0.717, 1.165) is 0 Å². The fraction of sp³-hybridized carbons (Fsp3) is 0.300. The lowest BCUT2D eigenvalue weighted by Gasteiger charge is -2.10. The third-order valence-electron chi connectivity index (χ3n) is 4.75. The number of carbonyl (C=O) groups is 2. The Morgan fingerprint density at radius 1 is 1.13 bits per heavy atom. The number of anilines is 1. The summed E-state index contributed by atoms with van der Waals surface area (Å²) in [5.74, 6) is -3.52. The maximum atomic E-state index is 13.7. The summed E-state index contributed by atoms with van der Waals surface area (Å²) in [6.45, 7) is 0. The largest absolute Gasteiger partial charge is 0.389 e. The smallest absolute Gasteiger partial charge is 0.326 e. The number of benzene rings is 2. The van der Waals surface area contributed by atoms with Crippen LogP contribution in [0.15, 0.2) is 40.9 Å². The van der Waals surface area contributed by atoms with Crippen LogP contribution in [-0.4, -0.2) is 22.2 Å². The first-order valence-corrected chi connectivity index (χ1v) is 10.8. The zero-order chi connectivity index (χ0) is 23.1. The summed E-state index contributed by atoms with van der Waals surface area (Å²) in [7, 11) is 0. The maximum absolute atomic E-state index is 13.7. The molecule has 1 saturated carbocycles. The second-order valence-electron chi connectivity index (χ2n) is 7.05. The Morgan fingerprint density at radius 3 is 2.42 bits per heavy atom. The Bertz CT molecular complexity index is 1030. The molecule has 1 fully saturated rings. The number of amides is 1. The van der Waals surface area contributed by atoms with E-state index in [1.165, 1.54) is 30.3 Å². The highest BCUT2D eigenvalue weighted by Gasteiger charge is 2.67. The average Bonchev–Trinajstić information content (AvgIpc) is 3.22. The van der Waals surface area contributed by atoms with Gasteiger partial charge in [-0.05, 0) is 42.0 Å². The summed E-state index contributed by atoms with van der Waals surface area (Å²) in [6.07, 6.45) is -6.54. The summed E-state index contributed by atoms with van der Waals surface area (Å²) in [5, 5.41) is 2.50. The highest BCUT2D eigenvalue weighted by Crippen LogP contribution is 2.65. The second kappa shape index (κ2) is 8.89.